The highest BCUT2D eigenvalue weighted by Gasteiger charge is 2.48. The van der Waals surface area contributed by atoms with Crippen LogP contribution in [0.1, 0.15) is 12.8 Å². The van der Waals surface area contributed by atoms with Gasteiger partial charge in [0, 0.05) is 38.0 Å². The number of hydrogen-bond donors (Lipinski definition) is 3. The number of hydrogen-bond acceptors (Lipinski definition) is 8. The Hall–Kier alpha value is -3.24. The molecule has 2 aromatic rings. The van der Waals surface area contributed by atoms with E-state index < -0.39 is 5.97 Å². The summed E-state index contributed by atoms with van der Waals surface area (Å²) in [4.78, 5) is 33.6. The van der Waals surface area contributed by atoms with E-state index >= 15 is 0 Å². The number of nitrogens with zero attached hydrogens (tertiary/aromatic N) is 3. The Morgan fingerprint density at radius 2 is 1.75 bits per heavy atom. The third kappa shape index (κ3) is 4.97. The zero-order valence-corrected chi connectivity index (χ0v) is 18.0. The van der Waals surface area contributed by atoms with Gasteiger partial charge < -0.3 is 30.1 Å². The van der Waals surface area contributed by atoms with E-state index in [-0.39, 0.29) is 43.0 Å². The molecule has 0 radical (unpaired) electrons. The standard InChI is InChI=1S/C22H27N5O5/c1-27(2)14-5-3-13(4-6-14)15-9-10-23-22(25-15)26-17-12-32-20-16(11-31-21(17)20)24-18(28)7-8-19(29)30/h3-6,9-10,16-17,20-21H,7-8,11-12H2,1-2H3,(H,24,28)(H,29,30)(H,23,25,26)/t16-,17+,20-,21+/m0/s1. The predicted molar refractivity (Wildman–Crippen MR) is 117 cm³/mol. The van der Waals surface area contributed by atoms with Crippen molar-refractivity contribution in [1.29, 1.82) is 0 Å². The second kappa shape index (κ2) is 9.49. The van der Waals surface area contributed by atoms with Crippen molar-refractivity contribution >= 4 is 23.5 Å². The van der Waals surface area contributed by atoms with Crippen molar-refractivity contribution in [3.8, 4) is 11.3 Å². The Kier molecular flexibility index (Phi) is 6.52. The van der Waals surface area contributed by atoms with Crippen LogP contribution in [-0.2, 0) is 19.1 Å². The van der Waals surface area contributed by atoms with Crippen molar-refractivity contribution in [3.63, 3.8) is 0 Å². The number of carbonyl (C=O) groups excluding carboxylic acids is 1. The van der Waals surface area contributed by atoms with E-state index in [9.17, 15) is 9.59 Å². The number of carboxylic acid groups (broad SMARTS) is 1. The molecular formula is C22H27N5O5. The molecule has 1 aromatic carbocycles. The molecule has 1 aromatic heterocycles. The van der Waals surface area contributed by atoms with Gasteiger partial charge in [-0.3, -0.25) is 9.59 Å². The fourth-order valence-corrected chi connectivity index (χ4v) is 3.93. The molecule has 10 nitrogen and oxygen atoms in total. The van der Waals surface area contributed by atoms with Gasteiger partial charge in [0.1, 0.15) is 12.2 Å². The Labute approximate surface area is 185 Å². The van der Waals surface area contributed by atoms with E-state index in [4.69, 9.17) is 14.6 Å². The number of fused-ring (bicyclic) bond motifs is 1. The Bertz CT molecular complexity index is 967. The van der Waals surface area contributed by atoms with E-state index in [0.29, 0.717) is 19.2 Å². The van der Waals surface area contributed by atoms with Crippen molar-refractivity contribution in [2.45, 2.75) is 37.1 Å². The van der Waals surface area contributed by atoms with Crippen LogP contribution in [0.25, 0.3) is 11.3 Å². The second-order valence-corrected chi connectivity index (χ2v) is 8.12. The molecule has 170 valence electrons. The molecule has 0 spiro atoms. The zero-order valence-electron chi connectivity index (χ0n) is 18.0. The highest BCUT2D eigenvalue weighted by molar-refractivity contribution is 5.80. The summed E-state index contributed by atoms with van der Waals surface area (Å²) in [6.45, 7) is 0.702. The van der Waals surface area contributed by atoms with E-state index in [2.05, 4.69) is 20.6 Å². The first-order valence-electron chi connectivity index (χ1n) is 10.5. The molecule has 0 bridgehead atoms. The highest BCUT2D eigenvalue weighted by atomic mass is 16.6. The third-order valence-corrected chi connectivity index (χ3v) is 5.62. The van der Waals surface area contributed by atoms with Crippen LogP contribution in [0.4, 0.5) is 11.6 Å². The molecule has 0 saturated carbocycles. The van der Waals surface area contributed by atoms with Gasteiger partial charge in [0.25, 0.3) is 0 Å². The third-order valence-electron chi connectivity index (χ3n) is 5.62. The average molecular weight is 441 g/mol. The molecule has 4 rings (SSSR count). The summed E-state index contributed by atoms with van der Waals surface area (Å²) in [6, 6.07) is 9.51. The lowest BCUT2D eigenvalue weighted by Crippen LogP contribution is -2.44. The Morgan fingerprint density at radius 3 is 2.44 bits per heavy atom. The summed E-state index contributed by atoms with van der Waals surface area (Å²) in [5, 5.41) is 14.8. The predicted octanol–water partition coefficient (Wildman–Crippen LogP) is 1.14. The largest absolute Gasteiger partial charge is 0.481 e. The summed E-state index contributed by atoms with van der Waals surface area (Å²) in [5.74, 6) is -0.845. The van der Waals surface area contributed by atoms with Gasteiger partial charge in [0.15, 0.2) is 0 Å². The van der Waals surface area contributed by atoms with Gasteiger partial charge in [0.2, 0.25) is 11.9 Å². The van der Waals surface area contributed by atoms with Crippen LogP contribution in [0.2, 0.25) is 0 Å². The fourth-order valence-electron chi connectivity index (χ4n) is 3.93. The van der Waals surface area contributed by atoms with Crippen molar-refractivity contribution in [1.82, 2.24) is 15.3 Å². The van der Waals surface area contributed by atoms with Crippen LogP contribution >= 0.6 is 0 Å². The topological polar surface area (TPSA) is 126 Å². The number of rotatable bonds is 8. The molecule has 3 heterocycles. The maximum Gasteiger partial charge on any atom is 0.303 e. The first-order chi connectivity index (χ1) is 15.4. The van der Waals surface area contributed by atoms with Crippen molar-refractivity contribution in [2.24, 2.45) is 0 Å². The summed E-state index contributed by atoms with van der Waals surface area (Å²) in [7, 11) is 3.99. The van der Waals surface area contributed by atoms with Gasteiger partial charge in [-0.15, -0.1) is 0 Å². The fraction of sp³-hybridized carbons (Fsp3) is 0.455. The monoisotopic (exact) mass is 441 g/mol. The van der Waals surface area contributed by atoms with Gasteiger partial charge in [0.05, 0.1) is 37.4 Å². The molecule has 4 atom stereocenters. The number of anilines is 2. The lowest BCUT2D eigenvalue weighted by Gasteiger charge is -2.18. The minimum Gasteiger partial charge on any atom is -0.481 e. The first kappa shape index (κ1) is 22.0. The maximum atomic E-state index is 12.0. The number of amides is 1. The molecule has 2 saturated heterocycles. The van der Waals surface area contributed by atoms with Gasteiger partial charge in [-0.1, -0.05) is 12.1 Å². The smallest absolute Gasteiger partial charge is 0.303 e. The zero-order chi connectivity index (χ0) is 22.7. The van der Waals surface area contributed by atoms with Crippen molar-refractivity contribution < 1.29 is 24.2 Å². The highest BCUT2D eigenvalue weighted by Crippen LogP contribution is 2.29. The SMILES string of the molecule is CN(C)c1ccc(-c2ccnc(N[C@@H]3CO[C@@H]4[C@@H]3OC[C@@H]4NC(=O)CCC(=O)O)n2)cc1. The molecule has 10 heteroatoms. The van der Waals surface area contributed by atoms with Gasteiger partial charge in [-0.25, -0.2) is 9.97 Å². The molecular weight excluding hydrogens is 414 g/mol. The lowest BCUT2D eigenvalue weighted by molar-refractivity contribution is -0.139. The Balaban J connectivity index is 1.37. The lowest BCUT2D eigenvalue weighted by atomic mass is 10.1. The molecule has 2 aliphatic rings. The number of ether oxygens (including phenoxy) is 2. The molecule has 32 heavy (non-hydrogen) atoms. The van der Waals surface area contributed by atoms with E-state index in [1.165, 1.54) is 0 Å². The minimum absolute atomic E-state index is 0.0684. The van der Waals surface area contributed by atoms with E-state index in [0.717, 1.165) is 16.9 Å². The van der Waals surface area contributed by atoms with Crippen LogP contribution in [0.3, 0.4) is 0 Å². The van der Waals surface area contributed by atoms with Gasteiger partial charge in [-0.05, 0) is 18.2 Å². The summed E-state index contributed by atoms with van der Waals surface area (Å²) >= 11 is 0. The summed E-state index contributed by atoms with van der Waals surface area (Å²) in [5.41, 5.74) is 2.90. The molecule has 2 fully saturated rings. The van der Waals surface area contributed by atoms with Crippen LogP contribution in [0.5, 0.6) is 0 Å². The van der Waals surface area contributed by atoms with Gasteiger partial charge >= 0.3 is 5.97 Å². The number of benzene rings is 1. The molecule has 0 unspecified atom stereocenters. The van der Waals surface area contributed by atoms with Crippen LogP contribution in [0, 0.1) is 0 Å². The number of carboxylic acids is 1. The minimum atomic E-state index is -1.00. The number of aromatic nitrogens is 2. The first-order valence-corrected chi connectivity index (χ1v) is 10.5. The van der Waals surface area contributed by atoms with E-state index in [1.807, 2.05) is 49.3 Å². The molecule has 3 N–H and O–H groups in total. The summed E-state index contributed by atoms with van der Waals surface area (Å²) < 4.78 is 11.7. The Morgan fingerprint density at radius 1 is 1.06 bits per heavy atom. The molecule has 1 amide bonds. The van der Waals surface area contributed by atoms with Crippen LogP contribution < -0.4 is 15.5 Å². The maximum absolute atomic E-state index is 12.0. The number of carbonyl (C=O) groups is 2. The number of nitrogens with one attached hydrogen (secondary N) is 2. The molecule has 0 aliphatic carbocycles. The van der Waals surface area contributed by atoms with E-state index in [1.54, 1.807) is 6.20 Å². The van der Waals surface area contributed by atoms with Crippen LogP contribution in [0.15, 0.2) is 36.5 Å². The quantitative estimate of drug-likeness (QED) is 0.553. The van der Waals surface area contributed by atoms with Gasteiger partial charge in [-0.2, -0.15) is 0 Å². The van der Waals surface area contributed by atoms with Crippen LogP contribution in [-0.4, -0.2) is 78.6 Å². The average Bonchev–Trinajstić information content (AvgIpc) is 3.36. The molecule has 2 aliphatic heterocycles. The normalized spacial score (nSPS) is 24.1. The second-order valence-electron chi connectivity index (χ2n) is 8.12. The van der Waals surface area contributed by atoms with Crippen molar-refractivity contribution in [2.75, 3.05) is 37.5 Å². The van der Waals surface area contributed by atoms with Crippen molar-refractivity contribution in [3.05, 3.63) is 36.5 Å². The summed E-state index contributed by atoms with van der Waals surface area (Å²) in [6.07, 6.45) is 0.874. The number of aliphatic carboxylic acids is 1.